The van der Waals surface area contributed by atoms with Gasteiger partial charge in [0.05, 0.1) is 6.10 Å². The van der Waals surface area contributed by atoms with Crippen LogP contribution in [0.2, 0.25) is 0 Å². The summed E-state index contributed by atoms with van der Waals surface area (Å²) in [6, 6.07) is 0. The molecule has 0 saturated carbocycles. The van der Waals surface area contributed by atoms with E-state index >= 15 is 0 Å². The van der Waals surface area contributed by atoms with Crippen LogP contribution < -0.4 is 0 Å². The molecule has 1 rings (SSSR count). The first kappa shape index (κ1) is 9.01. The average Bonchev–Trinajstić information content (AvgIpc) is 2.31. The van der Waals surface area contributed by atoms with Crippen molar-refractivity contribution >= 4 is 0 Å². The third kappa shape index (κ3) is 3.21. The molecule has 2 heteroatoms. The van der Waals surface area contributed by atoms with Gasteiger partial charge in [0, 0.05) is 6.54 Å². The highest BCUT2D eigenvalue weighted by molar-refractivity contribution is 4.73. The van der Waals surface area contributed by atoms with Gasteiger partial charge in [0.1, 0.15) is 0 Å². The van der Waals surface area contributed by atoms with Crippen LogP contribution in [0.4, 0.5) is 0 Å². The quantitative estimate of drug-likeness (QED) is 0.663. The maximum Gasteiger partial charge on any atom is 0.0512 e. The van der Waals surface area contributed by atoms with Gasteiger partial charge >= 0.3 is 0 Å². The predicted molar refractivity (Wildman–Crippen MR) is 46.5 cm³/mol. The second-order valence-corrected chi connectivity index (χ2v) is 3.84. The summed E-state index contributed by atoms with van der Waals surface area (Å²) in [5.74, 6) is 0.842. The Bertz CT molecular complexity index is 114. The van der Waals surface area contributed by atoms with E-state index in [4.69, 9.17) is 5.11 Å². The number of hydrogen-bond donors (Lipinski definition) is 1. The van der Waals surface area contributed by atoms with Crippen LogP contribution in [0.5, 0.6) is 0 Å². The van der Waals surface area contributed by atoms with E-state index in [1.54, 1.807) is 0 Å². The lowest BCUT2D eigenvalue weighted by molar-refractivity contribution is 0.173. The molecular formula is C9H19NO. The molecule has 0 aromatic carbocycles. The Morgan fingerprint density at radius 3 is 2.82 bits per heavy atom. The molecule has 2 unspecified atom stereocenters. The van der Waals surface area contributed by atoms with Crippen molar-refractivity contribution in [1.29, 1.82) is 0 Å². The highest BCUT2D eigenvalue weighted by Gasteiger charge is 2.18. The van der Waals surface area contributed by atoms with E-state index in [0.717, 1.165) is 12.3 Å². The second kappa shape index (κ2) is 4.07. The monoisotopic (exact) mass is 157 g/mol. The van der Waals surface area contributed by atoms with E-state index in [-0.39, 0.29) is 6.10 Å². The number of likely N-dealkylation sites (tertiary alicyclic amines) is 1. The van der Waals surface area contributed by atoms with Crippen molar-refractivity contribution < 1.29 is 5.11 Å². The molecule has 0 aromatic rings. The van der Waals surface area contributed by atoms with E-state index in [1.807, 2.05) is 6.92 Å². The maximum atomic E-state index is 9.06. The standard InChI is InChI=1S/C9H19NO/c1-8(11)3-4-9-5-6-10(2)7-9/h8-9,11H,3-7H2,1-2H3. The van der Waals surface area contributed by atoms with Gasteiger partial charge in [-0.2, -0.15) is 0 Å². The Hall–Kier alpha value is -0.0800. The predicted octanol–water partition coefficient (Wildman–Crippen LogP) is 1.10. The molecule has 1 saturated heterocycles. The smallest absolute Gasteiger partial charge is 0.0512 e. The van der Waals surface area contributed by atoms with Gasteiger partial charge in [-0.15, -0.1) is 0 Å². The summed E-state index contributed by atoms with van der Waals surface area (Å²) >= 11 is 0. The van der Waals surface area contributed by atoms with Gasteiger partial charge in [0.2, 0.25) is 0 Å². The normalized spacial score (nSPS) is 29.2. The molecule has 1 N–H and O–H groups in total. The van der Waals surface area contributed by atoms with Gasteiger partial charge in [-0.25, -0.2) is 0 Å². The van der Waals surface area contributed by atoms with Crippen LogP contribution in [0.1, 0.15) is 26.2 Å². The lowest BCUT2D eigenvalue weighted by Gasteiger charge is -2.10. The summed E-state index contributed by atoms with van der Waals surface area (Å²) in [5.41, 5.74) is 0. The molecule has 11 heavy (non-hydrogen) atoms. The van der Waals surface area contributed by atoms with Crippen LogP contribution in [-0.4, -0.2) is 36.2 Å². The zero-order valence-electron chi connectivity index (χ0n) is 7.58. The molecule has 0 amide bonds. The number of aliphatic hydroxyl groups excluding tert-OH is 1. The lowest BCUT2D eigenvalue weighted by Crippen LogP contribution is -2.14. The van der Waals surface area contributed by atoms with Crippen molar-refractivity contribution in [3.63, 3.8) is 0 Å². The Balaban J connectivity index is 2.08. The fourth-order valence-electron chi connectivity index (χ4n) is 1.74. The van der Waals surface area contributed by atoms with Crippen molar-refractivity contribution in [3.8, 4) is 0 Å². The minimum absolute atomic E-state index is 0.110. The molecule has 66 valence electrons. The van der Waals surface area contributed by atoms with Crippen LogP contribution in [0.3, 0.4) is 0 Å². The maximum absolute atomic E-state index is 9.06. The number of aliphatic hydroxyl groups is 1. The van der Waals surface area contributed by atoms with E-state index < -0.39 is 0 Å². The molecule has 1 heterocycles. The third-order valence-electron chi connectivity index (χ3n) is 2.48. The van der Waals surface area contributed by atoms with E-state index in [9.17, 15) is 0 Å². The third-order valence-corrected chi connectivity index (χ3v) is 2.48. The fourth-order valence-corrected chi connectivity index (χ4v) is 1.74. The van der Waals surface area contributed by atoms with Crippen molar-refractivity contribution in [2.24, 2.45) is 5.92 Å². The first-order valence-corrected chi connectivity index (χ1v) is 4.55. The Kier molecular flexibility index (Phi) is 3.34. The zero-order chi connectivity index (χ0) is 8.27. The molecule has 1 aliphatic rings. The Morgan fingerprint density at radius 2 is 2.36 bits per heavy atom. The summed E-state index contributed by atoms with van der Waals surface area (Å²) in [6.45, 7) is 4.34. The molecule has 0 radical (unpaired) electrons. The molecule has 0 aromatic heterocycles. The first-order chi connectivity index (χ1) is 5.18. The van der Waals surface area contributed by atoms with E-state index in [2.05, 4.69) is 11.9 Å². The van der Waals surface area contributed by atoms with E-state index in [1.165, 1.54) is 25.9 Å². The van der Waals surface area contributed by atoms with Gasteiger partial charge < -0.3 is 10.0 Å². The lowest BCUT2D eigenvalue weighted by atomic mass is 10.0. The van der Waals surface area contributed by atoms with Gasteiger partial charge in [-0.05, 0) is 45.7 Å². The molecule has 0 aliphatic carbocycles. The van der Waals surface area contributed by atoms with Crippen molar-refractivity contribution in [2.75, 3.05) is 20.1 Å². The highest BCUT2D eigenvalue weighted by Crippen LogP contribution is 2.19. The number of nitrogens with zero attached hydrogens (tertiary/aromatic N) is 1. The zero-order valence-corrected chi connectivity index (χ0v) is 7.58. The average molecular weight is 157 g/mol. The van der Waals surface area contributed by atoms with E-state index in [0.29, 0.717) is 0 Å². The topological polar surface area (TPSA) is 23.5 Å². The summed E-state index contributed by atoms with van der Waals surface area (Å²) in [5, 5.41) is 9.06. The van der Waals surface area contributed by atoms with Crippen LogP contribution in [0.25, 0.3) is 0 Å². The van der Waals surface area contributed by atoms with Gasteiger partial charge in [0.25, 0.3) is 0 Å². The molecule has 1 aliphatic heterocycles. The summed E-state index contributed by atoms with van der Waals surface area (Å²) in [7, 11) is 2.17. The molecule has 0 spiro atoms. The van der Waals surface area contributed by atoms with Crippen LogP contribution in [0.15, 0.2) is 0 Å². The molecule has 0 bridgehead atoms. The van der Waals surface area contributed by atoms with Crippen LogP contribution in [-0.2, 0) is 0 Å². The minimum atomic E-state index is -0.110. The number of hydrogen-bond acceptors (Lipinski definition) is 2. The second-order valence-electron chi connectivity index (χ2n) is 3.84. The molecular weight excluding hydrogens is 138 g/mol. The molecule has 2 nitrogen and oxygen atoms in total. The van der Waals surface area contributed by atoms with Crippen LogP contribution >= 0.6 is 0 Å². The Morgan fingerprint density at radius 1 is 1.64 bits per heavy atom. The summed E-state index contributed by atoms with van der Waals surface area (Å²) in [4.78, 5) is 2.37. The Labute approximate surface area is 69.2 Å². The van der Waals surface area contributed by atoms with Crippen molar-refractivity contribution in [1.82, 2.24) is 4.90 Å². The minimum Gasteiger partial charge on any atom is -0.393 e. The molecule has 1 fully saturated rings. The van der Waals surface area contributed by atoms with Crippen LogP contribution in [0, 0.1) is 5.92 Å². The van der Waals surface area contributed by atoms with Crippen molar-refractivity contribution in [2.45, 2.75) is 32.3 Å². The largest absolute Gasteiger partial charge is 0.393 e. The summed E-state index contributed by atoms with van der Waals surface area (Å²) in [6.07, 6.45) is 3.38. The van der Waals surface area contributed by atoms with Gasteiger partial charge in [0.15, 0.2) is 0 Å². The molecule has 2 atom stereocenters. The SMILES string of the molecule is CC(O)CCC1CCN(C)C1. The fraction of sp³-hybridized carbons (Fsp3) is 1.00. The van der Waals surface area contributed by atoms with Gasteiger partial charge in [-0.1, -0.05) is 0 Å². The van der Waals surface area contributed by atoms with Gasteiger partial charge in [-0.3, -0.25) is 0 Å². The highest BCUT2D eigenvalue weighted by atomic mass is 16.3. The number of rotatable bonds is 3. The van der Waals surface area contributed by atoms with Crippen molar-refractivity contribution in [3.05, 3.63) is 0 Å². The first-order valence-electron chi connectivity index (χ1n) is 4.55. The summed E-state index contributed by atoms with van der Waals surface area (Å²) < 4.78 is 0.